The van der Waals surface area contributed by atoms with E-state index >= 15 is 0 Å². The summed E-state index contributed by atoms with van der Waals surface area (Å²) in [6, 6.07) is 16.7. The minimum Gasteiger partial charge on any atom is -0.350 e. The van der Waals surface area contributed by atoms with Crippen LogP contribution in [0.25, 0.3) is 0 Å². The molecule has 0 spiro atoms. The molecule has 0 radical (unpaired) electrons. The quantitative estimate of drug-likeness (QED) is 0.902. The largest absolute Gasteiger partial charge is 0.350 e. The van der Waals surface area contributed by atoms with E-state index in [0.29, 0.717) is 6.54 Å². The highest BCUT2D eigenvalue weighted by Crippen LogP contribution is 2.00. The molecule has 94 valence electrons. The fourth-order valence-electron chi connectivity index (χ4n) is 1.68. The molecule has 19 heavy (non-hydrogen) atoms. The topological polar surface area (TPSA) is 65.8 Å². The molecule has 0 bridgehead atoms. The van der Waals surface area contributed by atoms with Crippen LogP contribution in [0.1, 0.15) is 21.7 Å². The van der Waals surface area contributed by atoms with Gasteiger partial charge in [0.2, 0.25) is 0 Å². The van der Waals surface area contributed by atoms with Crippen LogP contribution in [-0.4, -0.2) is 17.4 Å². The number of carbonyl (C=O) groups is 1. The van der Waals surface area contributed by atoms with Crippen molar-refractivity contribution < 1.29 is 4.79 Å². The normalized spacial score (nSPS) is 9.63. The highest BCUT2D eigenvalue weighted by Gasteiger charge is 2.06. The van der Waals surface area contributed by atoms with Crippen LogP contribution in [0, 0.1) is 11.3 Å². The zero-order valence-electron chi connectivity index (χ0n) is 10.3. The Labute approximate surface area is 111 Å². The van der Waals surface area contributed by atoms with E-state index in [9.17, 15) is 4.79 Å². The lowest BCUT2D eigenvalue weighted by molar-refractivity contribution is 0.0949. The van der Waals surface area contributed by atoms with E-state index < -0.39 is 0 Å². The predicted octanol–water partition coefficient (Wildman–Crippen LogP) is 1.93. The summed E-state index contributed by atoms with van der Waals surface area (Å²) < 4.78 is 0. The summed E-state index contributed by atoms with van der Waals surface area (Å²) >= 11 is 0. The van der Waals surface area contributed by atoms with E-state index in [4.69, 9.17) is 5.26 Å². The first-order valence-electron chi connectivity index (χ1n) is 5.99. The molecular formula is C15H13N3O. The second kappa shape index (κ2) is 6.31. The molecule has 0 aliphatic carbocycles. The van der Waals surface area contributed by atoms with Gasteiger partial charge in [0.25, 0.3) is 5.91 Å². The van der Waals surface area contributed by atoms with E-state index in [1.807, 2.05) is 36.4 Å². The summed E-state index contributed by atoms with van der Waals surface area (Å²) in [5, 5.41) is 11.5. The first-order valence-corrected chi connectivity index (χ1v) is 5.99. The molecule has 1 aromatic heterocycles. The minimum absolute atomic E-state index is 0.246. The number of aromatic nitrogens is 1. The van der Waals surface area contributed by atoms with Crippen LogP contribution in [-0.2, 0) is 6.42 Å². The van der Waals surface area contributed by atoms with Crippen molar-refractivity contribution in [3.63, 3.8) is 0 Å². The number of pyridine rings is 1. The zero-order valence-corrected chi connectivity index (χ0v) is 10.3. The van der Waals surface area contributed by atoms with Gasteiger partial charge in [-0.1, -0.05) is 36.4 Å². The molecule has 2 aromatic rings. The molecule has 0 saturated heterocycles. The fraction of sp³-hybridized carbons (Fsp3) is 0.133. The SMILES string of the molecule is N#Cc1cccc(C(=O)NCCc2ccccc2)n1. The van der Waals surface area contributed by atoms with Crippen molar-refractivity contribution in [2.24, 2.45) is 0 Å². The predicted molar refractivity (Wildman–Crippen MR) is 71.4 cm³/mol. The maximum absolute atomic E-state index is 11.8. The number of benzene rings is 1. The Morgan fingerprint density at radius 1 is 1.16 bits per heavy atom. The van der Waals surface area contributed by atoms with Gasteiger partial charge >= 0.3 is 0 Å². The number of carbonyl (C=O) groups excluding carboxylic acids is 1. The van der Waals surface area contributed by atoms with Gasteiger partial charge in [-0.3, -0.25) is 4.79 Å². The van der Waals surface area contributed by atoms with Crippen molar-refractivity contribution in [2.75, 3.05) is 6.54 Å². The maximum Gasteiger partial charge on any atom is 0.269 e. The number of amides is 1. The number of hydrogen-bond donors (Lipinski definition) is 1. The molecule has 0 atom stereocenters. The Kier molecular flexibility index (Phi) is 4.25. The van der Waals surface area contributed by atoms with Gasteiger partial charge < -0.3 is 5.32 Å². The molecule has 0 aliphatic rings. The third-order valence-electron chi connectivity index (χ3n) is 2.64. The second-order valence-electron chi connectivity index (χ2n) is 4.01. The van der Waals surface area contributed by atoms with E-state index in [1.165, 1.54) is 5.56 Å². The molecule has 1 heterocycles. The van der Waals surface area contributed by atoms with Gasteiger partial charge in [0, 0.05) is 6.54 Å². The lowest BCUT2D eigenvalue weighted by Gasteiger charge is -2.04. The fourth-order valence-corrected chi connectivity index (χ4v) is 1.68. The molecule has 1 N–H and O–H groups in total. The van der Waals surface area contributed by atoms with Gasteiger partial charge in [-0.15, -0.1) is 0 Å². The van der Waals surface area contributed by atoms with Crippen LogP contribution in [0.15, 0.2) is 48.5 Å². The average Bonchev–Trinajstić information content (AvgIpc) is 2.48. The molecular weight excluding hydrogens is 238 g/mol. The first-order chi connectivity index (χ1) is 9.29. The summed E-state index contributed by atoms with van der Waals surface area (Å²) in [5.74, 6) is -0.256. The van der Waals surface area contributed by atoms with Gasteiger partial charge in [0.1, 0.15) is 17.5 Å². The molecule has 0 unspecified atom stereocenters. The molecule has 0 fully saturated rings. The average molecular weight is 251 g/mol. The standard InChI is InChI=1S/C15H13N3O/c16-11-13-7-4-8-14(18-13)15(19)17-10-9-12-5-2-1-3-6-12/h1-8H,9-10H2,(H,17,19). The van der Waals surface area contributed by atoms with Crippen molar-refractivity contribution in [3.05, 3.63) is 65.5 Å². The van der Waals surface area contributed by atoms with Gasteiger partial charge in [-0.2, -0.15) is 5.26 Å². The van der Waals surface area contributed by atoms with Crippen molar-refractivity contribution in [1.29, 1.82) is 5.26 Å². The third-order valence-corrected chi connectivity index (χ3v) is 2.64. The van der Waals surface area contributed by atoms with Crippen LogP contribution >= 0.6 is 0 Å². The van der Waals surface area contributed by atoms with Crippen LogP contribution in [0.4, 0.5) is 0 Å². The van der Waals surface area contributed by atoms with Crippen molar-refractivity contribution in [1.82, 2.24) is 10.3 Å². The van der Waals surface area contributed by atoms with Gasteiger partial charge in [0.15, 0.2) is 0 Å². The third kappa shape index (κ3) is 3.65. The number of nitriles is 1. The van der Waals surface area contributed by atoms with Crippen LogP contribution in [0.2, 0.25) is 0 Å². The van der Waals surface area contributed by atoms with Crippen LogP contribution < -0.4 is 5.32 Å². The van der Waals surface area contributed by atoms with Crippen molar-refractivity contribution in [2.45, 2.75) is 6.42 Å². The minimum atomic E-state index is -0.256. The van der Waals surface area contributed by atoms with Gasteiger partial charge in [0.05, 0.1) is 0 Å². The monoisotopic (exact) mass is 251 g/mol. The lowest BCUT2D eigenvalue weighted by Crippen LogP contribution is -2.26. The van der Waals surface area contributed by atoms with Crippen LogP contribution in [0.3, 0.4) is 0 Å². The smallest absolute Gasteiger partial charge is 0.269 e. The Bertz CT molecular complexity index is 602. The maximum atomic E-state index is 11.8. The van der Waals surface area contributed by atoms with E-state index in [2.05, 4.69) is 10.3 Å². The molecule has 4 heteroatoms. The zero-order chi connectivity index (χ0) is 13.5. The summed E-state index contributed by atoms with van der Waals surface area (Å²) in [4.78, 5) is 15.8. The number of nitrogens with zero attached hydrogens (tertiary/aromatic N) is 2. The summed E-state index contributed by atoms with van der Waals surface area (Å²) in [5.41, 5.74) is 1.68. The Hall–Kier alpha value is -2.67. The van der Waals surface area contributed by atoms with E-state index in [0.717, 1.165) is 6.42 Å². The highest BCUT2D eigenvalue weighted by atomic mass is 16.1. The summed E-state index contributed by atoms with van der Waals surface area (Å²) in [7, 11) is 0. The molecule has 2 rings (SSSR count). The molecule has 0 aliphatic heterocycles. The second-order valence-corrected chi connectivity index (χ2v) is 4.01. The van der Waals surface area contributed by atoms with Crippen LogP contribution in [0.5, 0.6) is 0 Å². The first kappa shape index (κ1) is 12.8. The molecule has 4 nitrogen and oxygen atoms in total. The van der Waals surface area contributed by atoms with Gasteiger partial charge in [-0.25, -0.2) is 4.98 Å². The number of hydrogen-bond acceptors (Lipinski definition) is 3. The number of nitrogens with one attached hydrogen (secondary N) is 1. The molecule has 1 aromatic carbocycles. The lowest BCUT2D eigenvalue weighted by atomic mass is 10.1. The van der Waals surface area contributed by atoms with Crippen molar-refractivity contribution in [3.8, 4) is 6.07 Å². The Morgan fingerprint density at radius 3 is 2.68 bits per heavy atom. The van der Waals surface area contributed by atoms with E-state index in [-0.39, 0.29) is 17.3 Å². The summed E-state index contributed by atoms with van der Waals surface area (Å²) in [6.45, 7) is 0.543. The summed E-state index contributed by atoms with van der Waals surface area (Å²) in [6.07, 6.45) is 0.768. The Balaban J connectivity index is 1.89. The van der Waals surface area contributed by atoms with E-state index in [1.54, 1.807) is 18.2 Å². The number of rotatable bonds is 4. The molecule has 1 amide bonds. The van der Waals surface area contributed by atoms with Crippen molar-refractivity contribution >= 4 is 5.91 Å². The van der Waals surface area contributed by atoms with Gasteiger partial charge in [-0.05, 0) is 24.1 Å². The highest BCUT2D eigenvalue weighted by molar-refractivity contribution is 5.92. The molecule has 0 saturated carbocycles. The Morgan fingerprint density at radius 2 is 1.95 bits per heavy atom.